The smallest absolute Gasteiger partial charge is 0.308 e. The average molecular weight is 362 g/mol. The maximum Gasteiger partial charge on any atom is 0.308 e. The van der Waals surface area contributed by atoms with Gasteiger partial charge >= 0.3 is 5.97 Å². The van der Waals surface area contributed by atoms with Gasteiger partial charge in [0, 0.05) is 19.6 Å². The molecule has 1 aromatic rings. The van der Waals surface area contributed by atoms with Crippen LogP contribution < -0.4 is 10.1 Å². The normalized spacial score (nSPS) is 18.0. The van der Waals surface area contributed by atoms with Gasteiger partial charge in [0.25, 0.3) is 0 Å². The molecule has 1 aliphatic heterocycles. The number of hydrogen-bond acceptors (Lipinski definition) is 4. The van der Waals surface area contributed by atoms with Crippen LogP contribution in [-0.4, -0.2) is 54.0 Å². The van der Waals surface area contributed by atoms with E-state index in [1.54, 1.807) is 11.8 Å². The Morgan fingerprint density at radius 1 is 1.31 bits per heavy atom. The number of likely N-dealkylation sites (tertiary alicyclic amines) is 1. The molecule has 26 heavy (non-hydrogen) atoms. The number of nitrogens with zero attached hydrogens (tertiary/aromatic N) is 1. The number of nitrogens with one attached hydrogen (secondary N) is 1. The minimum absolute atomic E-state index is 0.0302. The Bertz CT molecular complexity index is 620. The van der Waals surface area contributed by atoms with Crippen molar-refractivity contribution < 1.29 is 24.2 Å². The molecule has 2 unspecified atom stereocenters. The number of piperidine rings is 1. The Morgan fingerprint density at radius 2 is 2.04 bits per heavy atom. The number of carbonyl (C=O) groups excluding carboxylic acids is 2. The van der Waals surface area contributed by atoms with Crippen molar-refractivity contribution in [3.05, 3.63) is 30.3 Å². The molecule has 2 rings (SSSR count). The second kappa shape index (κ2) is 9.79. The van der Waals surface area contributed by atoms with E-state index in [-0.39, 0.29) is 30.7 Å². The molecule has 0 bridgehead atoms. The van der Waals surface area contributed by atoms with Crippen molar-refractivity contribution in [3.63, 3.8) is 0 Å². The largest absolute Gasteiger partial charge is 0.493 e. The van der Waals surface area contributed by atoms with Crippen molar-refractivity contribution in [1.82, 2.24) is 10.2 Å². The highest BCUT2D eigenvalue weighted by Crippen LogP contribution is 2.18. The van der Waals surface area contributed by atoms with Crippen molar-refractivity contribution in [2.24, 2.45) is 11.8 Å². The first-order chi connectivity index (χ1) is 12.5. The predicted octanol–water partition coefficient (Wildman–Crippen LogP) is 1.53. The molecule has 0 spiro atoms. The minimum Gasteiger partial charge on any atom is -0.493 e. The van der Waals surface area contributed by atoms with E-state index in [4.69, 9.17) is 9.84 Å². The molecule has 7 heteroatoms. The lowest BCUT2D eigenvalue weighted by atomic mass is 9.96. The van der Waals surface area contributed by atoms with Gasteiger partial charge in [-0.25, -0.2) is 0 Å². The SMILES string of the molecule is CC(CNC(=O)C1CCCN(C(=O)CCOc2ccccc2)C1)C(=O)O. The number of amides is 2. The van der Waals surface area contributed by atoms with E-state index in [2.05, 4.69) is 5.32 Å². The van der Waals surface area contributed by atoms with Crippen LogP contribution in [0.4, 0.5) is 0 Å². The van der Waals surface area contributed by atoms with Crippen molar-refractivity contribution in [1.29, 1.82) is 0 Å². The van der Waals surface area contributed by atoms with Crippen LogP contribution in [0.25, 0.3) is 0 Å². The second-order valence-electron chi connectivity index (χ2n) is 6.57. The topological polar surface area (TPSA) is 95.9 Å². The number of carbonyl (C=O) groups is 3. The number of hydrogen-bond donors (Lipinski definition) is 2. The van der Waals surface area contributed by atoms with Gasteiger partial charge in [0.1, 0.15) is 5.75 Å². The Labute approximate surface area is 153 Å². The standard InChI is InChI=1S/C19H26N2O5/c1-14(19(24)25)12-20-18(23)15-6-5-10-21(13-15)17(22)9-11-26-16-7-3-2-4-8-16/h2-4,7-8,14-15H,5-6,9-13H2,1H3,(H,20,23)(H,24,25). The zero-order chi connectivity index (χ0) is 18.9. The minimum atomic E-state index is -0.941. The number of para-hydroxylation sites is 1. The monoisotopic (exact) mass is 362 g/mol. The number of benzene rings is 1. The molecule has 1 fully saturated rings. The van der Waals surface area contributed by atoms with E-state index in [0.717, 1.165) is 12.2 Å². The van der Waals surface area contributed by atoms with Crippen molar-refractivity contribution in [2.75, 3.05) is 26.2 Å². The molecule has 2 atom stereocenters. The number of ether oxygens (including phenoxy) is 1. The van der Waals surface area contributed by atoms with Crippen LogP contribution in [0.15, 0.2) is 30.3 Å². The third-order valence-electron chi connectivity index (χ3n) is 4.48. The number of carboxylic acids is 1. The van der Waals surface area contributed by atoms with Crippen LogP contribution in [0.3, 0.4) is 0 Å². The highest BCUT2D eigenvalue weighted by molar-refractivity contribution is 5.82. The van der Waals surface area contributed by atoms with Gasteiger partial charge in [-0.15, -0.1) is 0 Å². The highest BCUT2D eigenvalue weighted by atomic mass is 16.5. The van der Waals surface area contributed by atoms with Gasteiger partial charge < -0.3 is 20.1 Å². The van der Waals surface area contributed by atoms with E-state index in [1.807, 2.05) is 30.3 Å². The second-order valence-corrected chi connectivity index (χ2v) is 6.57. The fraction of sp³-hybridized carbons (Fsp3) is 0.526. The zero-order valence-corrected chi connectivity index (χ0v) is 15.0. The lowest BCUT2D eigenvalue weighted by Gasteiger charge is -2.32. The summed E-state index contributed by atoms with van der Waals surface area (Å²) in [7, 11) is 0. The van der Waals surface area contributed by atoms with E-state index >= 15 is 0 Å². The highest BCUT2D eigenvalue weighted by Gasteiger charge is 2.28. The zero-order valence-electron chi connectivity index (χ0n) is 15.0. The fourth-order valence-electron chi connectivity index (χ4n) is 2.83. The van der Waals surface area contributed by atoms with Crippen LogP contribution in [0.5, 0.6) is 5.75 Å². The van der Waals surface area contributed by atoms with Gasteiger partial charge in [-0.05, 0) is 25.0 Å². The molecule has 0 aliphatic carbocycles. The summed E-state index contributed by atoms with van der Waals surface area (Å²) in [6, 6.07) is 9.31. The number of carboxylic acid groups (broad SMARTS) is 1. The van der Waals surface area contributed by atoms with Gasteiger partial charge in [0.15, 0.2) is 0 Å². The third-order valence-corrected chi connectivity index (χ3v) is 4.48. The summed E-state index contributed by atoms with van der Waals surface area (Å²) < 4.78 is 5.55. The summed E-state index contributed by atoms with van der Waals surface area (Å²) in [6.07, 6.45) is 1.73. The molecular formula is C19H26N2O5. The summed E-state index contributed by atoms with van der Waals surface area (Å²) in [4.78, 5) is 37.1. The maximum absolute atomic E-state index is 12.3. The fourth-order valence-corrected chi connectivity index (χ4v) is 2.83. The summed E-state index contributed by atoms with van der Waals surface area (Å²) >= 11 is 0. The Kier molecular flexibility index (Phi) is 7.44. The van der Waals surface area contributed by atoms with Gasteiger partial charge in [0.05, 0.1) is 24.9 Å². The summed E-state index contributed by atoms with van der Waals surface area (Å²) in [5.41, 5.74) is 0. The molecule has 2 amide bonds. The summed E-state index contributed by atoms with van der Waals surface area (Å²) in [6.45, 7) is 2.96. The molecule has 0 radical (unpaired) electrons. The first kappa shape index (κ1) is 19.8. The molecule has 2 N–H and O–H groups in total. The molecule has 1 heterocycles. The molecule has 0 saturated carbocycles. The van der Waals surface area contributed by atoms with Gasteiger partial charge in [0.2, 0.25) is 11.8 Å². The Morgan fingerprint density at radius 3 is 2.73 bits per heavy atom. The van der Waals surface area contributed by atoms with Crippen LogP contribution in [-0.2, 0) is 14.4 Å². The Balaban J connectivity index is 1.74. The van der Waals surface area contributed by atoms with Crippen LogP contribution in [0.2, 0.25) is 0 Å². The predicted molar refractivity (Wildman–Crippen MR) is 95.7 cm³/mol. The molecule has 0 aromatic heterocycles. The maximum atomic E-state index is 12.3. The third kappa shape index (κ3) is 6.06. The van der Waals surface area contributed by atoms with Gasteiger partial charge in [-0.1, -0.05) is 25.1 Å². The molecule has 1 aromatic carbocycles. The molecule has 142 valence electrons. The van der Waals surface area contributed by atoms with Gasteiger partial charge in [-0.3, -0.25) is 14.4 Å². The molecule has 7 nitrogen and oxygen atoms in total. The lowest BCUT2D eigenvalue weighted by molar-refractivity contribution is -0.141. The van der Waals surface area contributed by atoms with Crippen LogP contribution in [0.1, 0.15) is 26.2 Å². The van der Waals surface area contributed by atoms with Crippen molar-refractivity contribution >= 4 is 17.8 Å². The quantitative estimate of drug-likeness (QED) is 0.731. The van der Waals surface area contributed by atoms with E-state index in [0.29, 0.717) is 26.1 Å². The molecule has 1 saturated heterocycles. The van der Waals surface area contributed by atoms with Crippen molar-refractivity contribution in [3.8, 4) is 5.75 Å². The molecular weight excluding hydrogens is 336 g/mol. The summed E-state index contributed by atoms with van der Waals surface area (Å²) in [5, 5.41) is 11.5. The first-order valence-corrected chi connectivity index (χ1v) is 8.93. The van der Waals surface area contributed by atoms with Gasteiger partial charge in [-0.2, -0.15) is 0 Å². The number of rotatable bonds is 8. The average Bonchev–Trinajstić information content (AvgIpc) is 2.66. The van der Waals surface area contributed by atoms with Crippen LogP contribution >= 0.6 is 0 Å². The number of aliphatic carboxylic acids is 1. The first-order valence-electron chi connectivity index (χ1n) is 8.93. The van der Waals surface area contributed by atoms with E-state index in [1.165, 1.54) is 0 Å². The summed E-state index contributed by atoms with van der Waals surface area (Å²) in [5.74, 6) is -1.35. The van der Waals surface area contributed by atoms with E-state index < -0.39 is 11.9 Å². The van der Waals surface area contributed by atoms with Crippen LogP contribution in [0, 0.1) is 11.8 Å². The lowest BCUT2D eigenvalue weighted by Crippen LogP contribution is -2.46. The van der Waals surface area contributed by atoms with E-state index in [9.17, 15) is 14.4 Å². The van der Waals surface area contributed by atoms with Crippen molar-refractivity contribution in [2.45, 2.75) is 26.2 Å². The molecule has 1 aliphatic rings. The Hall–Kier alpha value is -2.57.